The van der Waals surface area contributed by atoms with Gasteiger partial charge in [0.15, 0.2) is 5.82 Å². The number of hydrogen-bond donors (Lipinski definition) is 0. The summed E-state index contributed by atoms with van der Waals surface area (Å²) in [6, 6.07) is 1.92. The molecule has 0 bridgehead atoms. The molecular weight excluding hydrogens is 228 g/mol. The molecule has 0 aliphatic rings. The van der Waals surface area contributed by atoms with Crippen LogP contribution in [0.15, 0.2) is 10.6 Å². The Balaban J connectivity index is 2.41. The zero-order valence-corrected chi connectivity index (χ0v) is 10.2. The minimum atomic E-state index is -0.253. The zero-order valence-electron chi connectivity index (χ0n) is 9.44. The van der Waals surface area contributed by atoms with Crippen LogP contribution in [-0.2, 0) is 6.54 Å². The number of aromatic nitrogens is 4. The summed E-state index contributed by atoms with van der Waals surface area (Å²) in [7, 11) is 0. The molecule has 0 fully saturated rings. The Morgan fingerprint density at radius 2 is 2.31 bits per heavy atom. The third-order valence-corrected chi connectivity index (χ3v) is 2.41. The van der Waals surface area contributed by atoms with Crippen molar-refractivity contribution in [3.63, 3.8) is 0 Å². The number of nitrogens with zero attached hydrogens (tertiary/aromatic N) is 4. The summed E-state index contributed by atoms with van der Waals surface area (Å²) in [4.78, 5) is 4.23. The Kier molecular flexibility index (Phi) is 2.96. The van der Waals surface area contributed by atoms with Crippen molar-refractivity contribution in [3.05, 3.63) is 17.6 Å². The second-order valence-corrected chi connectivity index (χ2v) is 4.22. The first kappa shape index (κ1) is 11.1. The van der Waals surface area contributed by atoms with Gasteiger partial charge >= 0.3 is 0 Å². The van der Waals surface area contributed by atoms with Gasteiger partial charge in [-0.3, -0.25) is 4.68 Å². The van der Waals surface area contributed by atoms with Gasteiger partial charge in [-0.25, -0.2) is 0 Å². The van der Waals surface area contributed by atoms with Gasteiger partial charge in [0.05, 0.1) is 11.1 Å². The number of hydrogen-bond acceptors (Lipinski definition) is 4. The molecule has 0 aliphatic carbocycles. The van der Waals surface area contributed by atoms with Gasteiger partial charge in [0.2, 0.25) is 0 Å². The maximum Gasteiger partial charge on any atom is 0.276 e. The highest BCUT2D eigenvalue weighted by Gasteiger charge is 2.16. The van der Waals surface area contributed by atoms with Crippen LogP contribution in [0.3, 0.4) is 0 Å². The molecule has 0 aliphatic heterocycles. The van der Waals surface area contributed by atoms with Gasteiger partial charge in [0.1, 0.15) is 5.69 Å². The van der Waals surface area contributed by atoms with Crippen molar-refractivity contribution in [1.29, 1.82) is 0 Å². The van der Waals surface area contributed by atoms with E-state index >= 15 is 0 Å². The third-order valence-electron chi connectivity index (χ3n) is 2.22. The topological polar surface area (TPSA) is 56.7 Å². The van der Waals surface area contributed by atoms with E-state index < -0.39 is 0 Å². The van der Waals surface area contributed by atoms with Crippen LogP contribution >= 0.6 is 11.6 Å². The molecule has 2 heterocycles. The van der Waals surface area contributed by atoms with E-state index in [4.69, 9.17) is 16.1 Å². The van der Waals surface area contributed by atoms with Crippen molar-refractivity contribution >= 4 is 11.6 Å². The minimum absolute atomic E-state index is 0.253. The van der Waals surface area contributed by atoms with Gasteiger partial charge < -0.3 is 4.52 Å². The summed E-state index contributed by atoms with van der Waals surface area (Å²) in [5, 5.41) is 7.88. The summed E-state index contributed by atoms with van der Waals surface area (Å²) >= 11 is 5.88. The van der Waals surface area contributed by atoms with Crippen LogP contribution in [0, 0.1) is 6.92 Å². The number of alkyl halides is 1. The standard InChI is InChI=1S/C10H13ClN4O/c1-4-15-8(5-6(2)13-15)10-12-9(7(3)11)14-16-10/h5,7H,4H2,1-3H3. The Morgan fingerprint density at radius 1 is 1.56 bits per heavy atom. The first-order valence-electron chi connectivity index (χ1n) is 5.14. The highest BCUT2D eigenvalue weighted by molar-refractivity contribution is 6.20. The van der Waals surface area contributed by atoms with Crippen molar-refractivity contribution < 1.29 is 4.52 Å². The van der Waals surface area contributed by atoms with Crippen LogP contribution in [0.1, 0.15) is 30.7 Å². The van der Waals surface area contributed by atoms with Crippen molar-refractivity contribution in [2.75, 3.05) is 0 Å². The van der Waals surface area contributed by atoms with E-state index in [0.29, 0.717) is 11.7 Å². The van der Waals surface area contributed by atoms with Gasteiger partial charge in [-0.05, 0) is 26.8 Å². The highest BCUT2D eigenvalue weighted by Crippen LogP contribution is 2.22. The normalized spacial score (nSPS) is 13.0. The molecule has 0 N–H and O–H groups in total. The maximum absolute atomic E-state index is 5.88. The summed E-state index contributed by atoms with van der Waals surface area (Å²) in [6.45, 7) is 6.50. The van der Waals surface area contributed by atoms with Gasteiger partial charge in [-0.2, -0.15) is 10.1 Å². The van der Waals surface area contributed by atoms with Crippen molar-refractivity contribution in [2.45, 2.75) is 32.7 Å². The molecule has 86 valence electrons. The molecule has 5 nitrogen and oxygen atoms in total. The van der Waals surface area contributed by atoms with Crippen LogP contribution in [0.4, 0.5) is 0 Å². The largest absolute Gasteiger partial charge is 0.332 e. The van der Waals surface area contributed by atoms with E-state index in [-0.39, 0.29) is 5.38 Å². The molecule has 2 aromatic heterocycles. The smallest absolute Gasteiger partial charge is 0.276 e. The molecule has 0 aromatic carbocycles. The zero-order chi connectivity index (χ0) is 11.7. The predicted octanol–water partition coefficient (Wildman–Crippen LogP) is 2.56. The molecule has 2 aromatic rings. The lowest BCUT2D eigenvalue weighted by atomic mass is 10.3. The van der Waals surface area contributed by atoms with Crippen molar-refractivity contribution in [3.8, 4) is 11.6 Å². The van der Waals surface area contributed by atoms with Crippen LogP contribution < -0.4 is 0 Å². The molecule has 2 rings (SSSR count). The Hall–Kier alpha value is -1.36. The van der Waals surface area contributed by atoms with E-state index in [1.165, 1.54) is 0 Å². The van der Waals surface area contributed by atoms with E-state index in [1.54, 1.807) is 6.92 Å². The van der Waals surface area contributed by atoms with Gasteiger partial charge in [-0.1, -0.05) is 5.16 Å². The van der Waals surface area contributed by atoms with Gasteiger partial charge in [-0.15, -0.1) is 11.6 Å². The van der Waals surface area contributed by atoms with Crippen LogP contribution in [0.2, 0.25) is 0 Å². The molecule has 0 spiro atoms. The van der Waals surface area contributed by atoms with E-state index in [1.807, 2.05) is 24.6 Å². The number of aryl methyl sites for hydroxylation is 2. The average molecular weight is 241 g/mol. The Bertz CT molecular complexity index is 489. The van der Waals surface area contributed by atoms with E-state index in [0.717, 1.165) is 17.9 Å². The fraction of sp³-hybridized carbons (Fsp3) is 0.500. The van der Waals surface area contributed by atoms with E-state index in [9.17, 15) is 0 Å². The number of rotatable bonds is 3. The summed E-state index contributed by atoms with van der Waals surface area (Å²) in [5.41, 5.74) is 1.76. The minimum Gasteiger partial charge on any atom is -0.332 e. The van der Waals surface area contributed by atoms with Crippen LogP contribution in [0.25, 0.3) is 11.6 Å². The Labute approximate surface area is 98.4 Å². The SMILES string of the molecule is CCn1nc(C)cc1-c1nc(C(C)Cl)no1. The second kappa shape index (κ2) is 4.25. The predicted molar refractivity (Wildman–Crippen MR) is 60.2 cm³/mol. The van der Waals surface area contributed by atoms with Gasteiger partial charge in [0, 0.05) is 6.54 Å². The molecule has 0 radical (unpaired) electrons. The molecule has 6 heteroatoms. The highest BCUT2D eigenvalue weighted by atomic mass is 35.5. The summed E-state index contributed by atoms with van der Waals surface area (Å²) < 4.78 is 6.99. The first-order chi connectivity index (χ1) is 7.61. The molecular formula is C10H13ClN4O. The third kappa shape index (κ3) is 1.95. The van der Waals surface area contributed by atoms with Crippen molar-refractivity contribution in [1.82, 2.24) is 19.9 Å². The summed E-state index contributed by atoms with van der Waals surface area (Å²) in [6.07, 6.45) is 0. The Morgan fingerprint density at radius 3 is 2.88 bits per heavy atom. The lowest BCUT2D eigenvalue weighted by Gasteiger charge is -1.98. The average Bonchev–Trinajstić information content (AvgIpc) is 2.82. The molecule has 1 unspecified atom stereocenters. The fourth-order valence-electron chi connectivity index (χ4n) is 1.46. The fourth-order valence-corrected chi connectivity index (χ4v) is 1.55. The molecule has 16 heavy (non-hydrogen) atoms. The van der Waals surface area contributed by atoms with Crippen molar-refractivity contribution in [2.24, 2.45) is 0 Å². The van der Waals surface area contributed by atoms with Crippen LogP contribution in [0.5, 0.6) is 0 Å². The summed E-state index contributed by atoms with van der Waals surface area (Å²) in [5.74, 6) is 0.961. The second-order valence-electron chi connectivity index (χ2n) is 3.56. The quantitative estimate of drug-likeness (QED) is 0.774. The van der Waals surface area contributed by atoms with Gasteiger partial charge in [0.25, 0.3) is 5.89 Å². The molecule has 0 saturated heterocycles. The molecule has 0 saturated carbocycles. The lowest BCUT2D eigenvalue weighted by Crippen LogP contribution is -1.99. The monoisotopic (exact) mass is 240 g/mol. The molecule has 0 amide bonds. The molecule has 1 atom stereocenters. The maximum atomic E-state index is 5.88. The van der Waals surface area contributed by atoms with E-state index in [2.05, 4.69) is 15.2 Å². The lowest BCUT2D eigenvalue weighted by molar-refractivity contribution is 0.418. The number of halogens is 1. The first-order valence-corrected chi connectivity index (χ1v) is 5.58. The van der Waals surface area contributed by atoms with Crippen LogP contribution in [-0.4, -0.2) is 19.9 Å².